The van der Waals surface area contributed by atoms with Crippen molar-refractivity contribution in [3.63, 3.8) is 0 Å². The summed E-state index contributed by atoms with van der Waals surface area (Å²) in [6.45, 7) is 5.05. The van der Waals surface area contributed by atoms with Gasteiger partial charge in [-0.3, -0.25) is 9.79 Å². The highest BCUT2D eigenvalue weighted by atomic mass is 16.5. The first kappa shape index (κ1) is 20.3. The van der Waals surface area contributed by atoms with Gasteiger partial charge in [0.15, 0.2) is 5.96 Å². The predicted molar refractivity (Wildman–Crippen MR) is 110 cm³/mol. The van der Waals surface area contributed by atoms with E-state index >= 15 is 0 Å². The highest BCUT2D eigenvalue weighted by Crippen LogP contribution is 2.17. The summed E-state index contributed by atoms with van der Waals surface area (Å²) in [5.41, 5.74) is 7.77. The van der Waals surface area contributed by atoms with Gasteiger partial charge in [0.1, 0.15) is 5.75 Å². The summed E-state index contributed by atoms with van der Waals surface area (Å²) in [6, 6.07) is 17.3. The van der Waals surface area contributed by atoms with Crippen molar-refractivity contribution >= 4 is 17.6 Å². The van der Waals surface area contributed by atoms with Crippen LogP contribution in [-0.2, 0) is 4.79 Å². The van der Waals surface area contributed by atoms with Crippen LogP contribution in [0.2, 0.25) is 0 Å². The van der Waals surface area contributed by atoms with Crippen LogP contribution in [0.3, 0.4) is 0 Å². The smallest absolute Gasteiger partial charge is 0.220 e. The summed E-state index contributed by atoms with van der Waals surface area (Å²) in [7, 11) is 0. The average molecular weight is 368 g/mol. The van der Waals surface area contributed by atoms with E-state index in [4.69, 9.17) is 10.5 Å². The molecule has 0 aliphatic heterocycles. The van der Waals surface area contributed by atoms with Crippen LogP contribution in [0.5, 0.6) is 5.75 Å². The van der Waals surface area contributed by atoms with Crippen LogP contribution in [0.4, 0.5) is 5.69 Å². The fourth-order valence-electron chi connectivity index (χ4n) is 2.56. The summed E-state index contributed by atoms with van der Waals surface area (Å²) in [6.07, 6.45) is 1.04. The van der Waals surface area contributed by atoms with Crippen molar-refractivity contribution in [1.29, 1.82) is 0 Å². The molecule has 0 bridgehead atoms. The Kier molecular flexibility index (Phi) is 8.16. The average Bonchev–Trinajstić information content (AvgIpc) is 2.67. The minimum atomic E-state index is -0.0542. The zero-order chi connectivity index (χ0) is 19.5. The van der Waals surface area contributed by atoms with Crippen molar-refractivity contribution in [3.05, 3.63) is 60.2 Å². The number of carbonyl (C=O) groups is 1. The van der Waals surface area contributed by atoms with Crippen LogP contribution >= 0.6 is 0 Å². The number of nitrogens with two attached hydrogens (primary N) is 1. The van der Waals surface area contributed by atoms with Gasteiger partial charge >= 0.3 is 0 Å². The Balaban J connectivity index is 1.70. The molecule has 0 saturated heterocycles. The van der Waals surface area contributed by atoms with Crippen molar-refractivity contribution < 1.29 is 9.53 Å². The van der Waals surface area contributed by atoms with E-state index in [2.05, 4.69) is 15.6 Å². The van der Waals surface area contributed by atoms with E-state index in [1.165, 1.54) is 0 Å². The van der Waals surface area contributed by atoms with E-state index in [9.17, 15) is 4.79 Å². The topological polar surface area (TPSA) is 88.7 Å². The maximum absolute atomic E-state index is 12.1. The summed E-state index contributed by atoms with van der Waals surface area (Å²) in [5, 5.41) is 6.01. The molecular formula is C21H28N4O2. The molecule has 2 rings (SSSR count). The van der Waals surface area contributed by atoms with Crippen LogP contribution < -0.4 is 21.1 Å². The first-order chi connectivity index (χ1) is 13.1. The van der Waals surface area contributed by atoms with Crippen molar-refractivity contribution in [2.75, 3.05) is 18.5 Å². The lowest BCUT2D eigenvalue weighted by Gasteiger charge is -2.15. The van der Waals surface area contributed by atoms with Gasteiger partial charge in [0.05, 0.1) is 12.6 Å². The van der Waals surface area contributed by atoms with Crippen molar-refractivity contribution in [1.82, 2.24) is 5.32 Å². The second-order valence-corrected chi connectivity index (χ2v) is 6.15. The largest absolute Gasteiger partial charge is 0.494 e. The highest BCUT2D eigenvalue weighted by Gasteiger charge is 2.09. The van der Waals surface area contributed by atoms with E-state index in [0.717, 1.165) is 17.0 Å². The molecule has 2 aromatic rings. The van der Waals surface area contributed by atoms with Gasteiger partial charge in [-0.05, 0) is 50.1 Å². The number of benzene rings is 2. The molecule has 4 N–H and O–H groups in total. The van der Waals surface area contributed by atoms with E-state index in [-0.39, 0.29) is 11.9 Å². The van der Waals surface area contributed by atoms with Gasteiger partial charge in [0.25, 0.3) is 0 Å². The first-order valence-electron chi connectivity index (χ1n) is 9.22. The number of anilines is 1. The number of rotatable bonds is 9. The standard InChI is InChI=1S/C21H28N4O2/c1-3-27-19-13-11-17(12-14-19)16(2)24-20(26)10-7-15-23-21(22)25-18-8-5-4-6-9-18/h4-6,8-9,11-14,16H,3,7,10,15H2,1-2H3,(H,24,26)(H3,22,23,25). The molecule has 27 heavy (non-hydrogen) atoms. The molecule has 0 radical (unpaired) electrons. The molecule has 2 aromatic carbocycles. The van der Waals surface area contributed by atoms with Crippen LogP contribution in [0.15, 0.2) is 59.6 Å². The Bertz CT molecular complexity index is 730. The molecule has 0 aromatic heterocycles. The summed E-state index contributed by atoms with van der Waals surface area (Å²) < 4.78 is 5.43. The van der Waals surface area contributed by atoms with Crippen LogP contribution in [0.25, 0.3) is 0 Å². The minimum Gasteiger partial charge on any atom is -0.494 e. The number of nitrogens with one attached hydrogen (secondary N) is 2. The van der Waals surface area contributed by atoms with Crippen LogP contribution in [0.1, 0.15) is 38.3 Å². The number of amides is 1. The number of carbonyl (C=O) groups excluding carboxylic acids is 1. The van der Waals surface area contributed by atoms with Gasteiger partial charge < -0.3 is 21.1 Å². The maximum Gasteiger partial charge on any atom is 0.220 e. The quantitative estimate of drug-likeness (QED) is 0.359. The second-order valence-electron chi connectivity index (χ2n) is 6.15. The van der Waals surface area contributed by atoms with Gasteiger partial charge in [-0.25, -0.2) is 0 Å². The first-order valence-corrected chi connectivity index (χ1v) is 9.22. The van der Waals surface area contributed by atoms with Gasteiger partial charge in [0, 0.05) is 18.7 Å². The lowest BCUT2D eigenvalue weighted by Crippen LogP contribution is -2.26. The zero-order valence-electron chi connectivity index (χ0n) is 15.9. The lowest BCUT2D eigenvalue weighted by molar-refractivity contribution is -0.121. The molecule has 0 saturated carbocycles. The summed E-state index contributed by atoms with van der Waals surface area (Å²) >= 11 is 0. The molecule has 1 atom stereocenters. The number of hydrogen-bond acceptors (Lipinski definition) is 3. The molecular weight excluding hydrogens is 340 g/mol. The van der Waals surface area contributed by atoms with Gasteiger partial charge in [-0.15, -0.1) is 0 Å². The lowest BCUT2D eigenvalue weighted by atomic mass is 10.1. The summed E-state index contributed by atoms with van der Waals surface area (Å²) in [5.74, 6) is 1.19. The molecule has 0 fully saturated rings. The van der Waals surface area contributed by atoms with Crippen molar-refractivity contribution in [3.8, 4) is 5.75 Å². The second kappa shape index (κ2) is 10.9. The van der Waals surface area contributed by atoms with Crippen molar-refractivity contribution in [2.24, 2.45) is 10.7 Å². The number of nitrogens with zero attached hydrogens (tertiary/aromatic N) is 1. The molecule has 0 aliphatic rings. The van der Waals surface area contributed by atoms with Crippen LogP contribution in [0, 0.1) is 0 Å². The normalized spacial score (nSPS) is 12.3. The Labute approximate surface area is 160 Å². The molecule has 6 heteroatoms. The molecule has 144 valence electrons. The predicted octanol–water partition coefficient (Wildman–Crippen LogP) is 3.47. The Morgan fingerprint density at radius 3 is 2.52 bits per heavy atom. The third-order valence-electron chi connectivity index (χ3n) is 3.96. The van der Waals surface area contributed by atoms with Gasteiger partial charge in [-0.1, -0.05) is 30.3 Å². The highest BCUT2D eigenvalue weighted by molar-refractivity contribution is 5.92. The van der Waals surface area contributed by atoms with E-state index < -0.39 is 0 Å². The van der Waals surface area contributed by atoms with E-state index in [0.29, 0.717) is 32.0 Å². The third kappa shape index (κ3) is 7.40. The molecule has 1 amide bonds. The number of hydrogen-bond donors (Lipinski definition) is 3. The van der Waals surface area contributed by atoms with Crippen LogP contribution in [-0.4, -0.2) is 25.0 Å². The van der Waals surface area contributed by atoms with E-state index in [1.807, 2.05) is 68.4 Å². The molecule has 0 spiro atoms. The van der Waals surface area contributed by atoms with Gasteiger partial charge in [-0.2, -0.15) is 0 Å². The number of aliphatic imine (C=N–C) groups is 1. The minimum absolute atomic E-state index is 0.00109. The van der Waals surface area contributed by atoms with Gasteiger partial charge in [0.2, 0.25) is 5.91 Å². The number of guanidine groups is 1. The van der Waals surface area contributed by atoms with Crippen molar-refractivity contribution in [2.45, 2.75) is 32.7 Å². The van der Waals surface area contributed by atoms with E-state index in [1.54, 1.807) is 0 Å². The molecule has 1 unspecified atom stereocenters. The number of ether oxygens (including phenoxy) is 1. The third-order valence-corrected chi connectivity index (χ3v) is 3.96. The number of para-hydroxylation sites is 1. The Hall–Kier alpha value is -3.02. The Morgan fingerprint density at radius 2 is 1.85 bits per heavy atom. The maximum atomic E-state index is 12.1. The molecule has 0 aliphatic carbocycles. The zero-order valence-corrected chi connectivity index (χ0v) is 15.9. The Morgan fingerprint density at radius 1 is 1.15 bits per heavy atom. The fourth-order valence-corrected chi connectivity index (χ4v) is 2.56. The molecule has 6 nitrogen and oxygen atoms in total. The molecule has 0 heterocycles. The summed E-state index contributed by atoms with van der Waals surface area (Å²) in [4.78, 5) is 16.3. The SMILES string of the molecule is CCOc1ccc(C(C)NC(=O)CCCN=C(N)Nc2ccccc2)cc1. The fraction of sp³-hybridized carbons (Fsp3) is 0.333. The monoisotopic (exact) mass is 368 g/mol.